The van der Waals surface area contributed by atoms with Gasteiger partial charge in [-0.15, -0.1) is 0 Å². The molecular weight excluding hydrogens is 338 g/mol. The predicted octanol–water partition coefficient (Wildman–Crippen LogP) is 2.89. The lowest BCUT2D eigenvalue weighted by Gasteiger charge is -2.31. The van der Waals surface area contributed by atoms with Crippen molar-refractivity contribution in [2.24, 2.45) is 0 Å². The van der Waals surface area contributed by atoms with Gasteiger partial charge in [0.25, 0.3) is 0 Å². The topological polar surface area (TPSA) is 74.2 Å². The zero-order valence-electron chi connectivity index (χ0n) is 15.3. The Kier molecular flexibility index (Phi) is 4.98. The Morgan fingerprint density at radius 1 is 1.11 bits per heavy atom. The van der Waals surface area contributed by atoms with Crippen molar-refractivity contribution in [3.8, 4) is 0 Å². The second kappa shape index (κ2) is 7.72. The number of aryl methyl sites for hydroxylation is 1. The molecule has 0 spiro atoms. The highest BCUT2D eigenvalue weighted by molar-refractivity contribution is 5.53. The summed E-state index contributed by atoms with van der Waals surface area (Å²) in [7, 11) is 0. The number of aliphatic hydroxyl groups excluding tert-OH is 1. The zero-order valence-corrected chi connectivity index (χ0v) is 15.3. The third-order valence-electron chi connectivity index (χ3n) is 4.92. The summed E-state index contributed by atoms with van der Waals surface area (Å²) < 4.78 is 0. The molecule has 0 unspecified atom stereocenters. The molecule has 0 saturated carbocycles. The summed E-state index contributed by atoms with van der Waals surface area (Å²) in [6, 6.07) is 13.8. The van der Waals surface area contributed by atoms with Gasteiger partial charge in [0.2, 0.25) is 0 Å². The van der Waals surface area contributed by atoms with Crippen LogP contribution in [-0.4, -0.2) is 33.2 Å². The maximum Gasteiger partial charge on any atom is 0.135 e. The fraction of sp³-hybridized carbons (Fsp3) is 0.286. The number of benzene rings is 1. The van der Waals surface area contributed by atoms with Gasteiger partial charge in [0.05, 0.1) is 18.3 Å². The lowest BCUT2D eigenvalue weighted by Crippen LogP contribution is -2.33. The largest absolute Gasteiger partial charge is 0.394 e. The molecular formula is C21H23N5O. The zero-order chi connectivity index (χ0) is 18.6. The summed E-state index contributed by atoms with van der Waals surface area (Å²) >= 11 is 0. The second-order valence-corrected chi connectivity index (χ2v) is 6.80. The number of aromatic nitrogens is 3. The van der Waals surface area contributed by atoms with Crippen LogP contribution in [0.3, 0.4) is 0 Å². The van der Waals surface area contributed by atoms with E-state index in [1.165, 1.54) is 0 Å². The van der Waals surface area contributed by atoms with Crippen molar-refractivity contribution in [2.45, 2.75) is 25.9 Å². The number of nitrogens with zero attached hydrogens (tertiary/aromatic N) is 4. The van der Waals surface area contributed by atoms with Crippen molar-refractivity contribution in [1.29, 1.82) is 0 Å². The van der Waals surface area contributed by atoms with Crippen LogP contribution in [0, 0.1) is 6.92 Å². The van der Waals surface area contributed by atoms with Crippen molar-refractivity contribution in [3.05, 3.63) is 77.4 Å². The van der Waals surface area contributed by atoms with Gasteiger partial charge in [-0.3, -0.25) is 0 Å². The van der Waals surface area contributed by atoms with Gasteiger partial charge in [-0.25, -0.2) is 15.0 Å². The summed E-state index contributed by atoms with van der Waals surface area (Å²) in [5, 5.41) is 13.3. The maximum atomic E-state index is 9.87. The van der Waals surface area contributed by atoms with Crippen LogP contribution in [0.4, 0.5) is 11.6 Å². The van der Waals surface area contributed by atoms with E-state index in [2.05, 4.69) is 37.3 Å². The number of pyridine rings is 1. The molecule has 0 saturated heterocycles. The van der Waals surface area contributed by atoms with E-state index in [-0.39, 0.29) is 12.6 Å². The van der Waals surface area contributed by atoms with E-state index in [0.717, 1.165) is 47.0 Å². The Labute approximate surface area is 158 Å². The first-order chi connectivity index (χ1) is 13.2. The van der Waals surface area contributed by atoms with Crippen LogP contribution in [0.2, 0.25) is 0 Å². The summed E-state index contributed by atoms with van der Waals surface area (Å²) in [6.45, 7) is 3.60. The van der Waals surface area contributed by atoms with Gasteiger partial charge in [-0.2, -0.15) is 0 Å². The second-order valence-electron chi connectivity index (χ2n) is 6.80. The Balaban J connectivity index is 1.60. The molecule has 1 aliphatic rings. The molecule has 4 rings (SSSR count). The minimum absolute atomic E-state index is 0.00792. The summed E-state index contributed by atoms with van der Waals surface area (Å²) in [4.78, 5) is 15.7. The van der Waals surface area contributed by atoms with Gasteiger partial charge >= 0.3 is 0 Å². The highest BCUT2D eigenvalue weighted by Crippen LogP contribution is 2.28. The SMILES string of the molecule is Cc1ccc(N2CCc3ncnc(N[C@@H](CO)c4ccccc4)c3C2)nc1. The van der Waals surface area contributed by atoms with E-state index in [9.17, 15) is 5.11 Å². The fourth-order valence-electron chi connectivity index (χ4n) is 3.39. The Bertz CT molecular complexity index is 898. The number of aliphatic hydroxyl groups is 1. The highest BCUT2D eigenvalue weighted by atomic mass is 16.3. The van der Waals surface area contributed by atoms with Gasteiger partial charge in [0, 0.05) is 31.3 Å². The Morgan fingerprint density at radius 3 is 2.70 bits per heavy atom. The molecule has 1 atom stereocenters. The quantitative estimate of drug-likeness (QED) is 0.728. The van der Waals surface area contributed by atoms with E-state index in [1.54, 1.807) is 6.33 Å². The summed E-state index contributed by atoms with van der Waals surface area (Å²) in [6.07, 6.45) is 4.33. The third kappa shape index (κ3) is 3.75. The van der Waals surface area contributed by atoms with Crippen molar-refractivity contribution in [3.63, 3.8) is 0 Å². The monoisotopic (exact) mass is 361 g/mol. The van der Waals surface area contributed by atoms with E-state index >= 15 is 0 Å². The van der Waals surface area contributed by atoms with Gasteiger partial charge in [-0.1, -0.05) is 36.4 Å². The van der Waals surface area contributed by atoms with E-state index in [0.29, 0.717) is 6.54 Å². The molecule has 138 valence electrons. The van der Waals surface area contributed by atoms with Gasteiger partial charge in [0.1, 0.15) is 18.0 Å². The van der Waals surface area contributed by atoms with Gasteiger partial charge in [-0.05, 0) is 24.1 Å². The molecule has 6 nitrogen and oxygen atoms in total. The van der Waals surface area contributed by atoms with Crippen molar-refractivity contribution in [1.82, 2.24) is 15.0 Å². The van der Waals surface area contributed by atoms with Gasteiger partial charge in [0.15, 0.2) is 0 Å². The van der Waals surface area contributed by atoms with Crippen molar-refractivity contribution < 1.29 is 5.11 Å². The lowest BCUT2D eigenvalue weighted by molar-refractivity contribution is 0.276. The molecule has 27 heavy (non-hydrogen) atoms. The summed E-state index contributed by atoms with van der Waals surface area (Å²) in [5.74, 6) is 1.74. The number of hydrogen-bond donors (Lipinski definition) is 2. The average molecular weight is 361 g/mol. The fourth-order valence-corrected chi connectivity index (χ4v) is 3.39. The molecule has 1 aromatic carbocycles. The average Bonchev–Trinajstić information content (AvgIpc) is 2.73. The minimum atomic E-state index is -0.210. The van der Waals surface area contributed by atoms with Crippen LogP contribution < -0.4 is 10.2 Å². The maximum absolute atomic E-state index is 9.87. The Morgan fingerprint density at radius 2 is 1.96 bits per heavy atom. The number of nitrogens with one attached hydrogen (secondary N) is 1. The van der Waals surface area contributed by atoms with Gasteiger partial charge < -0.3 is 15.3 Å². The molecule has 2 N–H and O–H groups in total. The van der Waals surface area contributed by atoms with Crippen LogP contribution >= 0.6 is 0 Å². The molecule has 6 heteroatoms. The standard InChI is InChI=1S/C21H23N5O/c1-15-7-8-20(22-11-15)26-10-9-18-17(12-26)21(24-14-23-18)25-19(13-27)16-5-3-2-4-6-16/h2-8,11,14,19,27H,9-10,12-13H2,1H3,(H,23,24,25)/t19-/m0/s1. The summed E-state index contributed by atoms with van der Waals surface area (Å²) in [5.41, 5.74) is 4.30. The van der Waals surface area contributed by atoms with E-state index < -0.39 is 0 Å². The first-order valence-corrected chi connectivity index (χ1v) is 9.17. The molecule has 0 aliphatic carbocycles. The minimum Gasteiger partial charge on any atom is -0.394 e. The van der Waals surface area contributed by atoms with E-state index in [1.807, 2.05) is 43.5 Å². The van der Waals surface area contributed by atoms with Crippen LogP contribution in [0.25, 0.3) is 0 Å². The first-order valence-electron chi connectivity index (χ1n) is 9.17. The van der Waals surface area contributed by atoms with Crippen LogP contribution in [0.1, 0.15) is 28.4 Å². The molecule has 0 radical (unpaired) electrons. The van der Waals surface area contributed by atoms with E-state index in [4.69, 9.17) is 0 Å². The van der Waals surface area contributed by atoms with Crippen LogP contribution in [-0.2, 0) is 13.0 Å². The molecule has 1 aliphatic heterocycles. The Hall–Kier alpha value is -2.99. The van der Waals surface area contributed by atoms with Crippen LogP contribution in [0.5, 0.6) is 0 Å². The first kappa shape index (κ1) is 17.4. The molecule has 2 aromatic heterocycles. The molecule has 3 aromatic rings. The molecule has 0 amide bonds. The molecule has 3 heterocycles. The number of fused-ring (bicyclic) bond motifs is 1. The molecule has 0 bridgehead atoms. The predicted molar refractivity (Wildman–Crippen MR) is 106 cm³/mol. The number of hydrogen-bond acceptors (Lipinski definition) is 6. The third-order valence-corrected chi connectivity index (χ3v) is 4.92. The lowest BCUT2D eigenvalue weighted by atomic mass is 10.0. The smallest absolute Gasteiger partial charge is 0.135 e. The van der Waals surface area contributed by atoms with Crippen LogP contribution in [0.15, 0.2) is 55.0 Å². The number of anilines is 2. The highest BCUT2D eigenvalue weighted by Gasteiger charge is 2.23. The van der Waals surface area contributed by atoms with Crippen molar-refractivity contribution >= 4 is 11.6 Å². The normalized spacial score (nSPS) is 14.5. The molecule has 0 fully saturated rings. The van der Waals surface area contributed by atoms with Crippen molar-refractivity contribution in [2.75, 3.05) is 23.4 Å². The number of rotatable bonds is 5.